The number of carbonyl (C=O) groups excluding carboxylic acids is 2. The third-order valence-corrected chi connectivity index (χ3v) is 5.09. The second kappa shape index (κ2) is 6.74. The maximum atomic E-state index is 12.4. The number of thiocarbonyl (C=S) groups is 1. The molecule has 5 nitrogen and oxygen atoms in total. The molecule has 3 atom stereocenters. The van der Waals surface area contributed by atoms with Gasteiger partial charge in [-0.2, -0.15) is 0 Å². The van der Waals surface area contributed by atoms with Crippen LogP contribution in [0.1, 0.15) is 47.0 Å². The number of hydrogen-bond donors (Lipinski definition) is 0. The van der Waals surface area contributed by atoms with Crippen molar-refractivity contribution in [2.75, 3.05) is 6.61 Å². The minimum absolute atomic E-state index is 0.0386. The number of ether oxygens (including phenoxy) is 2. The molecule has 2 heterocycles. The highest BCUT2D eigenvalue weighted by Crippen LogP contribution is 2.39. The van der Waals surface area contributed by atoms with Gasteiger partial charge in [-0.1, -0.05) is 11.8 Å². The number of hydrogen-bond acceptors (Lipinski definition) is 6. The number of esters is 1. The SMILES string of the molecule is CCOC(=S)SC1C[C@@H]2CC(=O)N2[C@@H](C(=O)OC(C)(C)C)C1. The molecule has 0 N–H and O–H groups in total. The Morgan fingerprint density at radius 1 is 1.41 bits per heavy atom. The maximum Gasteiger partial charge on any atom is 0.329 e. The van der Waals surface area contributed by atoms with Crippen LogP contribution in [-0.2, 0) is 19.1 Å². The lowest BCUT2D eigenvalue weighted by Gasteiger charge is -2.50. The van der Waals surface area contributed by atoms with E-state index in [-0.39, 0.29) is 23.2 Å². The zero-order valence-corrected chi connectivity index (χ0v) is 15.1. The minimum atomic E-state index is -0.554. The van der Waals surface area contributed by atoms with Gasteiger partial charge in [-0.25, -0.2) is 4.79 Å². The van der Waals surface area contributed by atoms with Crippen LogP contribution in [0.3, 0.4) is 0 Å². The monoisotopic (exact) mass is 345 g/mol. The predicted molar refractivity (Wildman–Crippen MR) is 89.7 cm³/mol. The van der Waals surface area contributed by atoms with Crippen LogP contribution in [0.2, 0.25) is 0 Å². The number of β-lactam (4-membered cyclic amide) rings is 1. The maximum absolute atomic E-state index is 12.4. The normalized spacial score (nSPS) is 27.7. The quantitative estimate of drug-likeness (QED) is 0.445. The van der Waals surface area contributed by atoms with Gasteiger partial charge in [0.1, 0.15) is 11.6 Å². The summed E-state index contributed by atoms with van der Waals surface area (Å²) < 4.78 is 11.3. The summed E-state index contributed by atoms with van der Waals surface area (Å²) in [4.78, 5) is 25.9. The van der Waals surface area contributed by atoms with E-state index < -0.39 is 11.6 Å². The number of piperidine rings is 1. The number of rotatable bonds is 3. The summed E-state index contributed by atoms with van der Waals surface area (Å²) in [5.41, 5.74) is -0.554. The van der Waals surface area contributed by atoms with Crippen LogP contribution in [0, 0.1) is 0 Å². The van der Waals surface area contributed by atoms with Gasteiger partial charge < -0.3 is 14.4 Å². The molecule has 0 radical (unpaired) electrons. The molecule has 2 aliphatic heterocycles. The van der Waals surface area contributed by atoms with Crippen molar-refractivity contribution in [1.82, 2.24) is 4.90 Å². The number of amides is 1. The highest BCUT2D eigenvalue weighted by molar-refractivity contribution is 8.23. The number of nitrogens with zero attached hydrogens (tertiary/aromatic N) is 1. The fourth-order valence-electron chi connectivity index (χ4n) is 2.85. The molecule has 0 aromatic carbocycles. The van der Waals surface area contributed by atoms with Crippen LogP contribution >= 0.6 is 24.0 Å². The van der Waals surface area contributed by atoms with Crippen molar-refractivity contribution in [1.29, 1.82) is 0 Å². The summed E-state index contributed by atoms with van der Waals surface area (Å²) in [5, 5.41) is 0.186. The Hall–Kier alpha value is -0.820. The van der Waals surface area contributed by atoms with E-state index in [1.54, 1.807) is 4.90 Å². The van der Waals surface area contributed by atoms with Gasteiger partial charge in [-0.05, 0) is 52.8 Å². The molecule has 0 aromatic rings. The van der Waals surface area contributed by atoms with E-state index in [9.17, 15) is 9.59 Å². The molecular formula is C15H23NO4S2. The van der Waals surface area contributed by atoms with Gasteiger partial charge in [0.2, 0.25) is 10.3 Å². The third-order valence-electron chi connectivity index (χ3n) is 3.65. The molecule has 2 aliphatic rings. The fraction of sp³-hybridized carbons (Fsp3) is 0.800. The van der Waals surface area contributed by atoms with Crippen molar-refractivity contribution in [3.05, 3.63) is 0 Å². The first-order chi connectivity index (χ1) is 10.2. The average Bonchev–Trinajstić information content (AvgIpc) is 2.35. The van der Waals surface area contributed by atoms with Gasteiger partial charge in [0, 0.05) is 17.7 Å². The summed E-state index contributed by atoms with van der Waals surface area (Å²) in [6.45, 7) is 7.93. The van der Waals surface area contributed by atoms with E-state index in [4.69, 9.17) is 21.7 Å². The molecule has 2 saturated heterocycles. The Balaban J connectivity index is 2.04. The summed E-state index contributed by atoms with van der Waals surface area (Å²) in [6.07, 6.45) is 1.93. The molecule has 124 valence electrons. The first-order valence-electron chi connectivity index (χ1n) is 7.58. The van der Waals surface area contributed by atoms with E-state index in [2.05, 4.69) is 0 Å². The molecule has 2 fully saturated rings. The van der Waals surface area contributed by atoms with E-state index in [1.807, 2.05) is 27.7 Å². The summed E-state index contributed by atoms with van der Waals surface area (Å²) in [6, 6.07) is -0.373. The van der Waals surface area contributed by atoms with Crippen molar-refractivity contribution in [3.63, 3.8) is 0 Å². The summed E-state index contributed by atoms with van der Waals surface area (Å²) >= 11 is 6.67. The molecule has 22 heavy (non-hydrogen) atoms. The van der Waals surface area contributed by atoms with Gasteiger partial charge in [-0.15, -0.1) is 0 Å². The predicted octanol–water partition coefficient (Wildman–Crippen LogP) is 2.51. The molecule has 0 aliphatic carbocycles. The Labute approximate surface area is 141 Å². The number of thioether (sulfide) groups is 1. The Morgan fingerprint density at radius 2 is 2.09 bits per heavy atom. The van der Waals surface area contributed by atoms with Crippen molar-refractivity contribution in [2.24, 2.45) is 0 Å². The average molecular weight is 345 g/mol. The van der Waals surface area contributed by atoms with Crippen LogP contribution in [-0.4, -0.2) is 50.7 Å². The Kier molecular flexibility index (Phi) is 5.37. The van der Waals surface area contributed by atoms with Crippen LogP contribution in [0.15, 0.2) is 0 Å². The summed E-state index contributed by atoms with van der Waals surface area (Å²) in [7, 11) is 0. The second-order valence-corrected chi connectivity index (χ2v) is 8.50. The van der Waals surface area contributed by atoms with Gasteiger partial charge in [-0.3, -0.25) is 4.79 Å². The molecule has 0 saturated carbocycles. The Morgan fingerprint density at radius 3 is 2.64 bits per heavy atom. The van der Waals surface area contributed by atoms with Crippen LogP contribution in [0.5, 0.6) is 0 Å². The van der Waals surface area contributed by atoms with Gasteiger partial charge in [0.25, 0.3) is 0 Å². The topological polar surface area (TPSA) is 55.8 Å². The molecule has 1 amide bonds. The van der Waals surface area contributed by atoms with Crippen LogP contribution < -0.4 is 0 Å². The van der Waals surface area contributed by atoms with Gasteiger partial charge >= 0.3 is 5.97 Å². The zero-order chi connectivity index (χ0) is 16.5. The highest BCUT2D eigenvalue weighted by atomic mass is 32.2. The minimum Gasteiger partial charge on any atom is -0.479 e. The van der Waals surface area contributed by atoms with Crippen LogP contribution in [0.25, 0.3) is 0 Å². The van der Waals surface area contributed by atoms with Crippen LogP contribution in [0.4, 0.5) is 0 Å². The zero-order valence-electron chi connectivity index (χ0n) is 13.5. The molecule has 0 bridgehead atoms. The lowest BCUT2D eigenvalue weighted by molar-refractivity contribution is -0.175. The molecule has 1 unspecified atom stereocenters. The number of carbonyl (C=O) groups is 2. The molecule has 0 aromatic heterocycles. The smallest absolute Gasteiger partial charge is 0.329 e. The van der Waals surface area contributed by atoms with E-state index >= 15 is 0 Å². The molecule has 0 spiro atoms. The first kappa shape index (κ1) is 17.5. The largest absolute Gasteiger partial charge is 0.479 e. The van der Waals surface area contributed by atoms with E-state index in [0.29, 0.717) is 23.8 Å². The first-order valence-corrected chi connectivity index (χ1v) is 8.87. The fourth-order valence-corrected chi connectivity index (χ4v) is 4.43. The van der Waals surface area contributed by atoms with Crippen molar-refractivity contribution >= 4 is 40.2 Å². The third kappa shape index (κ3) is 4.13. The summed E-state index contributed by atoms with van der Waals surface area (Å²) in [5.74, 6) is -0.283. The van der Waals surface area contributed by atoms with Crippen molar-refractivity contribution in [2.45, 2.75) is 69.9 Å². The molecule has 7 heteroatoms. The number of fused-ring (bicyclic) bond motifs is 1. The van der Waals surface area contributed by atoms with Crippen molar-refractivity contribution in [3.8, 4) is 0 Å². The standard InChI is InChI=1S/C15H23NO4S2/c1-5-19-14(21)22-10-6-9-7-12(17)16(9)11(8-10)13(18)20-15(2,3)4/h9-11H,5-8H2,1-4H3/t9-,10?,11-/m1/s1. The lowest BCUT2D eigenvalue weighted by Crippen LogP contribution is -2.64. The van der Waals surface area contributed by atoms with Crippen molar-refractivity contribution < 1.29 is 19.1 Å². The van der Waals surface area contributed by atoms with E-state index in [0.717, 1.165) is 6.42 Å². The second-order valence-electron chi connectivity index (χ2n) is 6.60. The van der Waals surface area contributed by atoms with E-state index in [1.165, 1.54) is 11.8 Å². The highest BCUT2D eigenvalue weighted by Gasteiger charge is 2.50. The lowest BCUT2D eigenvalue weighted by atomic mass is 9.86. The van der Waals surface area contributed by atoms with Gasteiger partial charge in [0.05, 0.1) is 6.61 Å². The van der Waals surface area contributed by atoms with Gasteiger partial charge in [0.15, 0.2) is 0 Å². The Bertz CT molecular complexity index is 475. The molecule has 2 rings (SSSR count). The molecular weight excluding hydrogens is 322 g/mol.